The van der Waals surface area contributed by atoms with E-state index in [9.17, 15) is 9.59 Å². The fourth-order valence-corrected chi connectivity index (χ4v) is 1.26. The molecule has 0 bridgehead atoms. The van der Waals surface area contributed by atoms with Crippen molar-refractivity contribution in [1.29, 1.82) is 0 Å². The fraction of sp³-hybridized carbons (Fsp3) is 0.800. The molecule has 0 aromatic carbocycles. The molecule has 5 nitrogen and oxygen atoms in total. The first-order valence-electron chi connectivity index (χ1n) is 5.12. The van der Waals surface area contributed by atoms with Crippen LogP contribution in [0.4, 0.5) is 0 Å². The monoisotopic (exact) mass is 215 g/mol. The summed E-state index contributed by atoms with van der Waals surface area (Å²) in [5.41, 5.74) is 5.10. The van der Waals surface area contributed by atoms with Crippen molar-refractivity contribution in [3.63, 3.8) is 0 Å². The van der Waals surface area contributed by atoms with Gasteiger partial charge in [0.1, 0.15) is 0 Å². The van der Waals surface area contributed by atoms with Gasteiger partial charge in [-0.25, -0.2) is 0 Å². The number of rotatable bonds is 6. The second-order valence-electron chi connectivity index (χ2n) is 4.09. The summed E-state index contributed by atoms with van der Waals surface area (Å²) in [6.07, 6.45) is 0. The molecule has 0 fully saturated rings. The van der Waals surface area contributed by atoms with Crippen LogP contribution in [0.3, 0.4) is 0 Å². The standard InChI is InChI=1S/C10H21N3O2/c1-7(2)5-13(6-9(11)14)10(15)8(3)12-4/h7-8,12H,5-6H2,1-4H3,(H2,11,14). The maximum Gasteiger partial charge on any atom is 0.239 e. The Balaban J connectivity index is 4.47. The minimum absolute atomic E-state index is 0.0109. The maximum atomic E-state index is 11.8. The van der Waals surface area contributed by atoms with Crippen molar-refractivity contribution in [2.75, 3.05) is 20.1 Å². The topological polar surface area (TPSA) is 75.4 Å². The smallest absolute Gasteiger partial charge is 0.239 e. The van der Waals surface area contributed by atoms with E-state index in [4.69, 9.17) is 5.73 Å². The van der Waals surface area contributed by atoms with Gasteiger partial charge in [0.15, 0.2) is 0 Å². The molecule has 0 rings (SSSR count). The highest BCUT2D eigenvalue weighted by Gasteiger charge is 2.21. The van der Waals surface area contributed by atoms with Gasteiger partial charge in [-0.15, -0.1) is 0 Å². The molecule has 0 heterocycles. The first kappa shape index (κ1) is 13.9. The zero-order valence-corrected chi connectivity index (χ0v) is 9.91. The van der Waals surface area contributed by atoms with Crippen molar-refractivity contribution < 1.29 is 9.59 Å². The Hall–Kier alpha value is -1.10. The van der Waals surface area contributed by atoms with Crippen LogP contribution in [0.15, 0.2) is 0 Å². The molecule has 3 N–H and O–H groups in total. The van der Waals surface area contributed by atoms with Gasteiger partial charge in [0.05, 0.1) is 12.6 Å². The van der Waals surface area contributed by atoms with Crippen LogP contribution in [0.2, 0.25) is 0 Å². The van der Waals surface area contributed by atoms with Gasteiger partial charge in [-0.05, 0) is 19.9 Å². The molecular weight excluding hydrogens is 194 g/mol. The van der Waals surface area contributed by atoms with E-state index in [0.717, 1.165) is 0 Å². The molecule has 0 aliphatic heterocycles. The lowest BCUT2D eigenvalue weighted by molar-refractivity contribution is -0.137. The summed E-state index contributed by atoms with van der Waals surface area (Å²) in [6, 6.07) is -0.289. The Morgan fingerprint density at radius 3 is 2.20 bits per heavy atom. The highest BCUT2D eigenvalue weighted by atomic mass is 16.2. The number of amides is 2. The van der Waals surface area contributed by atoms with E-state index in [1.165, 1.54) is 4.90 Å². The van der Waals surface area contributed by atoms with Crippen molar-refractivity contribution in [3.8, 4) is 0 Å². The van der Waals surface area contributed by atoms with E-state index >= 15 is 0 Å². The Bertz CT molecular complexity index is 229. The summed E-state index contributed by atoms with van der Waals surface area (Å²) >= 11 is 0. The highest BCUT2D eigenvalue weighted by molar-refractivity contribution is 5.86. The first-order chi connectivity index (χ1) is 6.88. The Kier molecular flexibility index (Phi) is 5.93. The van der Waals surface area contributed by atoms with Gasteiger partial charge in [-0.1, -0.05) is 13.8 Å². The van der Waals surface area contributed by atoms with Gasteiger partial charge in [-0.2, -0.15) is 0 Å². The van der Waals surface area contributed by atoms with Crippen LogP contribution in [0, 0.1) is 5.92 Å². The number of nitrogens with one attached hydrogen (secondary N) is 1. The lowest BCUT2D eigenvalue weighted by Gasteiger charge is -2.25. The lowest BCUT2D eigenvalue weighted by atomic mass is 10.2. The van der Waals surface area contributed by atoms with E-state index in [0.29, 0.717) is 12.5 Å². The molecule has 2 amide bonds. The minimum Gasteiger partial charge on any atom is -0.368 e. The van der Waals surface area contributed by atoms with Crippen LogP contribution < -0.4 is 11.1 Å². The Morgan fingerprint density at radius 1 is 1.33 bits per heavy atom. The highest BCUT2D eigenvalue weighted by Crippen LogP contribution is 2.01. The number of nitrogens with two attached hydrogens (primary N) is 1. The van der Waals surface area contributed by atoms with E-state index in [1.807, 2.05) is 13.8 Å². The van der Waals surface area contributed by atoms with E-state index in [2.05, 4.69) is 5.32 Å². The number of nitrogens with zero attached hydrogens (tertiary/aromatic N) is 1. The second kappa shape index (κ2) is 6.40. The van der Waals surface area contributed by atoms with E-state index < -0.39 is 5.91 Å². The normalized spacial score (nSPS) is 12.6. The van der Waals surface area contributed by atoms with Crippen molar-refractivity contribution >= 4 is 11.8 Å². The molecule has 88 valence electrons. The van der Waals surface area contributed by atoms with Crippen LogP contribution in [0.5, 0.6) is 0 Å². The largest absolute Gasteiger partial charge is 0.368 e. The summed E-state index contributed by atoms with van der Waals surface area (Å²) in [7, 11) is 1.71. The molecule has 0 spiro atoms. The number of hydrogen-bond donors (Lipinski definition) is 2. The van der Waals surface area contributed by atoms with Gasteiger partial charge in [0.2, 0.25) is 11.8 Å². The van der Waals surface area contributed by atoms with E-state index in [-0.39, 0.29) is 18.5 Å². The zero-order valence-electron chi connectivity index (χ0n) is 9.91. The molecule has 0 aromatic rings. The van der Waals surface area contributed by atoms with Crippen LogP contribution in [0.1, 0.15) is 20.8 Å². The average molecular weight is 215 g/mol. The average Bonchev–Trinajstić information content (AvgIpc) is 2.13. The molecular formula is C10H21N3O2. The first-order valence-corrected chi connectivity index (χ1v) is 5.12. The van der Waals surface area contributed by atoms with Gasteiger partial charge >= 0.3 is 0 Å². The maximum absolute atomic E-state index is 11.8. The van der Waals surface area contributed by atoms with Crippen LogP contribution >= 0.6 is 0 Å². The van der Waals surface area contributed by atoms with Crippen LogP contribution in [0.25, 0.3) is 0 Å². The summed E-state index contributed by atoms with van der Waals surface area (Å²) in [6.45, 7) is 6.28. The molecule has 0 saturated heterocycles. The van der Waals surface area contributed by atoms with Gasteiger partial charge in [0, 0.05) is 6.54 Å². The number of carbonyl (C=O) groups excluding carboxylic acids is 2. The van der Waals surface area contributed by atoms with Crippen LogP contribution in [-0.4, -0.2) is 42.9 Å². The summed E-state index contributed by atoms with van der Waals surface area (Å²) in [5, 5.41) is 2.85. The van der Waals surface area contributed by atoms with Gasteiger partial charge in [-0.3, -0.25) is 9.59 Å². The third-order valence-electron chi connectivity index (χ3n) is 2.05. The number of primary amides is 1. The SMILES string of the molecule is CNC(C)C(=O)N(CC(N)=O)CC(C)C. The molecule has 1 atom stereocenters. The van der Waals surface area contributed by atoms with Gasteiger partial charge < -0.3 is 16.0 Å². The second-order valence-corrected chi connectivity index (χ2v) is 4.09. The van der Waals surface area contributed by atoms with Crippen molar-refractivity contribution in [2.45, 2.75) is 26.8 Å². The van der Waals surface area contributed by atoms with E-state index in [1.54, 1.807) is 14.0 Å². The Morgan fingerprint density at radius 2 is 1.87 bits per heavy atom. The number of carbonyl (C=O) groups is 2. The summed E-state index contributed by atoms with van der Waals surface area (Å²) in [5.74, 6) is -0.255. The molecule has 0 radical (unpaired) electrons. The fourth-order valence-electron chi connectivity index (χ4n) is 1.26. The lowest BCUT2D eigenvalue weighted by Crippen LogP contribution is -2.48. The molecule has 0 aliphatic carbocycles. The minimum atomic E-state index is -0.479. The predicted molar refractivity (Wildman–Crippen MR) is 59.1 cm³/mol. The molecule has 15 heavy (non-hydrogen) atoms. The zero-order chi connectivity index (χ0) is 12.0. The Labute approximate surface area is 91.0 Å². The number of hydrogen-bond acceptors (Lipinski definition) is 3. The molecule has 1 unspecified atom stereocenters. The summed E-state index contributed by atoms with van der Waals surface area (Å²) in [4.78, 5) is 24.1. The molecule has 5 heteroatoms. The predicted octanol–water partition coefficient (Wildman–Crippen LogP) is -0.436. The third-order valence-corrected chi connectivity index (χ3v) is 2.05. The molecule has 0 aromatic heterocycles. The van der Waals surface area contributed by atoms with Crippen molar-refractivity contribution in [2.24, 2.45) is 11.7 Å². The number of likely N-dealkylation sites (N-methyl/N-ethyl adjacent to an activating group) is 1. The van der Waals surface area contributed by atoms with Crippen molar-refractivity contribution in [1.82, 2.24) is 10.2 Å². The quantitative estimate of drug-likeness (QED) is 0.631. The molecule has 0 saturated carbocycles. The van der Waals surface area contributed by atoms with Crippen LogP contribution in [-0.2, 0) is 9.59 Å². The van der Waals surface area contributed by atoms with Gasteiger partial charge in [0.25, 0.3) is 0 Å². The molecule has 0 aliphatic rings. The van der Waals surface area contributed by atoms with Crippen molar-refractivity contribution in [3.05, 3.63) is 0 Å². The summed E-state index contributed by atoms with van der Waals surface area (Å²) < 4.78 is 0. The third kappa shape index (κ3) is 5.37.